The Morgan fingerprint density at radius 2 is 1.65 bits per heavy atom. The van der Waals surface area contributed by atoms with Crippen LogP contribution in [0.1, 0.15) is 46.0 Å². The molecule has 0 aromatic carbocycles. The second-order valence-corrected chi connectivity index (χ2v) is 13.2. The van der Waals surface area contributed by atoms with Gasteiger partial charge in [-0.2, -0.15) is 9.97 Å². The molecule has 15 heteroatoms. The third-order valence-electron chi connectivity index (χ3n) is 10.1. The van der Waals surface area contributed by atoms with Crippen molar-refractivity contribution in [3.8, 4) is 5.88 Å². The Morgan fingerprint density at radius 3 is 2.43 bits per heavy atom. The van der Waals surface area contributed by atoms with Gasteiger partial charge >= 0.3 is 5.69 Å². The quantitative estimate of drug-likeness (QED) is 0.292. The standard InChI is InChI=1S/C34H43N9O6.H2/c44-30(41-12-18-48-19-13-41)22-42-28-21-36-33(39-31(28)43(34(42)45)24-7-14-46-15-8-24)37-23-3-5-25(6-4-23)49-32-26-2-1-9-35-27(26)20-29(38-32)40-10-16-47-17-11-40;/h1-2,9,20-21,23-25H,3-8,10-19,22H2,(H,36,37,39);1H. The molecule has 3 aliphatic heterocycles. The van der Waals surface area contributed by atoms with Gasteiger partial charge in [-0.25, -0.2) is 9.78 Å². The molecule has 0 unspecified atom stereocenters. The lowest BCUT2D eigenvalue weighted by Crippen LogP contribution is -2.43. The molecule has 0 bridgehead atoms. The van der Waals surface area contributed by atoms with Crippen LogP contribution in [0.2, 0.25) is 0 Å². The van der Waals surface area contributed by atoms with E-state index in [1.165, 1.54) is 4.57 Å². The van der Waals surface area contributed by atoms with Gasteiger partial charge in [-0.1, -0.05) is 0 Å². The maximum atomic E-state index is 13.9. The molecule has 1 aliphatic carbocycles. The lowest BCUT2D eigenvalue weighted by Gasteiger charge is -2.31. The molecule has 4 aromatic rings. The first kappa shape index (κ1) is 31.9. The van der Waals surface area contributed by atoms with Crippen molar-refractivity contribution in [2.75, 3.05) is 76.0 Å². The Balaban J connectivity index is 0.00000392. The van der Waals surface area contributed by atoms with Gasteiger partial charge in [0, 0.05) is 65.2 Å². The molecule has 4 aliphatic rings. The number of carbonyl (C=O) groups is 1. The Hall–Kier alpha value is -4.34. The van der Waals surface area contributed by atoms with E-state index in [-0.39, 0.29) is 37.8 Å². The summed E-state index contributed by atoms with van der Waals surface area (Å²) in [6.07, 6.45) is 8.35. The van der Waals surface area contributed by atoms with Crippen molar-refractivity contribution in [3.05, 3.63) is 41.1 Å². The van der Waals surface area contributed by atoms with Gasteiger partial charge in [-0.05, 0) is 50.7 Å². The van der Waals surface area contributed by atoms with E-state index >= 15 is 0 Å². The van der Waals surface area contributed by atoms with E-state index in [1.807, 2.05) is 18.2 Å². The molecule has 1 N–H and O–H groups in total. The molecule has 262 valence electrons. The summed E-state index contributed by atoms with van der Waals surface area (Å²) in [4.78, 5) is 50.1. The van der Waals surface area contributed by atoms with Crippen molar-refractivity contribution >= 4 is 39.7 Å². The van der Waals surface area contributed by atoms with Crippen molar-refractivity contribution in [1.29, 1.82) is 0 Å². The molecule has 0 spiro atoms. The van der Waals surface area contributed by atoms with Crippen molar-refractivity contribution in [2.45, 2.75) is 63.3 Å². The minimum atomic E-state index is -0.235. The summed E-state index contributed by atoms with van der Waals surface area (Å²) in [6.45, 7) is 6.10. The number of fused-ring (bicyclic) bond motifs is 2. The smallest absolute Gasteiger partial charge is 0.331 e. The lowest BCUT2D eigenvalue weighted by atomic mass is 9.93. The lowest BCUT2D eigenvalue weighted by molar-refractivity contribution is -0.135. The van der Waals surface area contributed by atoms with Crippen LogP contribution >= 0.6 is 0 Å². The average molecular weight is 676 g/mol. The molecule has 0 atom stereocenters. The molecular formula is C34H45N9O6. The fourth-order valence-corrected chi connectivity index (χ4v) is 7.34. The number of imidazole rings is 1. The molecule has 3 saturated heterocycles. The largest absolute Gasteiger partial charge is 0.474 e. The average Bonchev–Trinajstić information content (AvgIpc) is 3.43. The van der Waals surface area contributed by atoms with Crippen LogP contribution in [0.15, 0.2) is 35.4 Å². The fraction of sp³-hybridized carbons (Fsp3) is 0.588. The first-order valence-electron chi connectivity index (χ1n) is 17.5. The number of nitrogens with zero attached hydrogens (tertiary/aromatic N) is 8. The van der Waals surface area contributed by atoms with Crippen molar-refractivity contribution < 1.29 is 25.2 Å². The summed E-state index contributed by atoms with van der Waals surface area (Å²) in [6, 6.07) is 6.06. The maximum absolute atomic E-state index is 13.9. The van der Waals surface area contributed by atoms with E-state index in [4.69, 9.17) is 28.9 Å². The number of morpholine rings is 2. The first-order chi connectivity index (χ1) is 24.1. The summed E-state index contributed by atoms with van der Waals surface area (Å²) < 4.78 is 26.4. The summed E-state index contributed by atoms with van der Waals surface area (Å²) in [7, 11) is 0. The molecule has 0 radical (unpaired) electrons. The van der Waals surface area contributed by atoms with Crippen LogP contribution in [0.4, 0.5) is 11.8 Å². The van der Waals surface area contributed by atoms with Crippen LogP contribution < -0.4 is 20.6 Å². The minimum Gasteiger partial charge on any atom is -0.474 e. The number of ether oxygens (including phenoxy) is 4. The van der Waals surface area contributed by atoms with Crippen LogP contribution in [0.3, 0.4) is 0 Å². The highest BCUT2D eigenvalue weighted by Crippen LogP contribution is 2.32. The van der Waals surface area contributed by atoms with Crippen LogP contribution in [-0.4, -0.2) is 118 Å². The number of pyridine rings is 2. The van der Waals surface area contributed by atoms with Gasteiger partial charge in [-0.3, -0.25) is 18.9 Å². The molecule has 1 amide bonds. The van der Waals surface area contributed by atoms with E-state index < -0.39 is 0 Å². The summed E-state index contributed by atoms with van der Waals surface area (Å²) in [5.74, 6) is 1.86. The molecule has 4 aromatic heterocycles. The number of rotatable bonds is 8. The van der Waals surface area contributed by atoms with Gasteiger partial charge in [0.2, 0.25) is 17.7 Å². The third kappa shape index (κ3) is 6.79. The summed E-state index contributed by atoms with van der Waals surface area (Å²) in [5.41, 5.74) is 1.75. The van der Waals surface area contributed by atoms with Crippen molar-refractivity contribution in [2.24, 2.45) is 0 Å². The molecular weight excluding hydrogens is 630 g/mol. The zero-order valence-corrected chi connectivity index (χ0v) is 27.7. The number of nitrogens with one attached hydrogen (secondary N) is 1. The van der Waals surface area contributed by atoms with Crippen molar-refractivity contribution in [3.63, 3.8) is 0 Å². The number of carbonyl (C=O) groups excluding carboxylic acids is 1. The Kier molecular flexibility index (Phi) is 9.28. The SMILES string of the molecule is O=C(Cn1c(=O)n(C2CCOCC2)c2nc(NC3CCC(Oc4nc(N5CCOCC5)cc5ncccc45)CC3)ncc21)N1CCOCC1.[HH]. The molecule has 7 heterocycles. The predicted octanol–water partition coefficient (Wildman–Crippen LogP) is 2.63. The summed E-state index contributed by atoms with van der Waals surface area (Å²) in [5, 5.41) is 4.44. The van der Waals surface area contributed by atoms with Crippen LogP contribution in [0.25, 0.3) is 22.1 Å². The van der Waals surface area contributed by atoms with Crippen LogP contribution in [0.5, 0.6) is 5.88 Å². The third-order valence-corrected chi connectivity index (χ3v) is 10.1. The normalized spacial score (nSPS) is 22.4. The molecule has 8 rings (SSSR count). The van der Waals surface area contributed by atoms with E-state index in [0.717, 1.165) is 55.5 Å². The zero-order chi connectivity index (χ0) is 33.2. The van der Waals surface area contributed by atoms with Crippen molar-refractivity contribution in [1.82, 2.24) is 34.0 Å². The Bertz CT molecular complexity index is 1840. The van der Waals surface area contributed by atoms with Crippen LogP contribution in [-0.2, 0) is 25.5 Å². The number of amides is 1. The molecule has 4 fully saturated rings. The predicted molar refractivity (Wildman–Crippen MR) is 183 cm³/mol. The Morgan fingerprint density at radius 1 is 0.918 bits per heavy atom. The number of aromatic nitrogens is 6. The minimum absolute atomic E-state index is 0. The highest BCUT2D eigenvalue weighted by molar-refractivity contribution is 5.86. The molecule has 15 nitrogen and oxygen atoms in total. The summed E-state index contributed by atoms with van der Waals surface area (Å²) >= 11 is 0. The highest BCUT2D eigenvalue weighted by atomic mass is 16.5. The highest BCUT2D eigenvalue weighted by Gasteiger charge is 2.29. The topological polar surface area (TPSA) is 151 Å². The number of hydrogen-bond acceptors (Lipinski definition) is 12. The van der Waals surface area contributed by atoms with Gasteiger partial charge in [0.25, 0.3) is 0 Å². The second kappa shape index (κ2) is 14.3. The van der Waals surface area contributed by atoms with E-state index in [9.17, 15) is 9.59 Å². The molecule has 1 saturated carbocycles. The zero-order valence-electron chi connectivity index (χ0n) is 27.7. The molecule has 49 heavy (non-hydrogen) atoms. The monoisotopic (exact) mass is 675 g/mol. The Labute approximate surface area is 285 Å². The van der Waals surface area contributed by atoms with E-state index in [0.29, 0.717) is 88.6 Å². The van der Waals surface area contributed by atoms with Gasteiger partial charge < -0.3 is 34.1 Å². The van der Waals surface area contributed by atoms with Gasteiger partial charge in [0.05, 0.1) is 43.5 Å². The van der Waals surface area contributed by atoms with E-state index in [2.05, 4.69) is 20.2 Å². The van der Waals surface area contributed by atoms with Gasteiger partial charge in [0.1, 0.15) is 24.0 Å². The van der Waals surface area contributed by atoms with Crippen LogP contribution in [0, 0.1) is 0 Å². The van der Waals surface area contributed by atoms with Gasteiger partial charge in [-0.15, -0.1) is 0 Å². The number of hydrogen-bond donors (Lipinski definition) is 1. The maximum Gasteiger partial charge on any atom is 0.331 e. The van der Waals surface area contributed by atoms with E-state index in [1.54, 1.807) is 21.9 Å². The number of anilines is 2. The van der Waals surface area contributed by atoms with Gasteiger partial charge in [0.15, 0.2) is 5.65 Å². The second-order valence-electron chi connectivity index (χ2n) is 13.2. The first-order valence-corrected chi connectivity index (χ1v) is 17.5. The fourth-order valence-electron chi connectivity index (χ4n) is 7.34.